The molecule has 0 aliphatic heterocycles. The number of hydrogen-bond donors (Lipinski definition) is 1. The van der Waals surface area contributed by atoms with Crippen LogP contribution in [-0.4, -0.2) is 6.54 Å². The van der Waals surface area contributed by atoms with Crippen molar-refractivity contribution >= 4 is 0 Å². The average molecular weight is 285 g/mol. The van der Waals surface area contributed by atoms with Gasteiger partial charge < -0.3 is 5.32 Å². The average Bonchev–Trinajstić information content (AvgIpc) is 2.48. The molecule has 1 N–H and O–H groups in total. The lowest BCUT2D eigenvalue weighted by molar-refractivity contribution is 0.593. The molecule has 0 aliphatic rings. The Hall–Kier alpha value is -1.67. The van der Waals surface area contributed by atoms with Crippen molar-refractivity contribution in [3.63, 3.8) is 0 Å². The molecule has 2 aromatic carbocycles. The zero-order chi connectivity index (χ0) is 15.2. The summed E-state index contributed by atoms with van der Waals surface area (Å²) in [6.07, 6.45) is 2.23. The molecule has 0 saturated carbocycles. The normalized spacial score (nSPS) is 12.4. The summed E-state index contributed by atoms with van der Waals surface area (Å²) in [5.74, 6) is -0.185. The van der Waals surface area contributed by atoms with Gasteiger partial charge in [0.15, 0.2) is 0 Å². The van der Waals surface area contributed by atoms with E-state index in [1.165, 1.54) is 11.6 Å². The molecule has 2 rings (SSSR count). The molecule has 1 atom stereocenters. The molecule has 0 amide bonds. The lowest BCUT2D eigenvalue weighted by atomic mass is 9.94. The van der Waals surface area contributed by atoms with Crippen LogP contribution in [0.3, 0.4) is 0 Å². The summed E-state index contributed by atoms with van der Waals surface area (Å²) in [7, 11) is 0. The number of benzene rings is 2. The third-order valence-electron chi connectivity index (χ3n) is 3.80. The number of rotatable bonds is 6. The Morgan fingerprint density at radius 1 is 1.05 bits per heavy atom. The molecule has 0 spiro atoms. The van der Waals surface area contributed by atoms with Gasteiger partial charge in [0, 0.05) is 6.04 Å². The summed E-state index contributed by atoms with van der Waals surface area (Å²) in [4.78, 5) is 0. The third-order valence-corrected chi connectivity index (χ3v) is 3.80. The Bertz CT molecular complexity index is 575. The van der Waals surface area contributed by atoms with Crippen LogP contribution in [-0.2, 0) is 6.42 Å². The van der Waals surface area contributed by atoms with Crippen LogP contribution in [0.25, 0.3) is 11.1 Å². The first-order valence-electron chi connectivity index (χ1n) is 7.77. The van der Waals surface area contributed by atoms with Gasteiger partial charge in [-0.1, -0.05) is 50.6 Å². The van der Waals surface area contributed by atoms with Gasteiger partial charge in [-0.15, -0.1) is 0 Å². The van der Waals surface area contributed by atoms with Crippen molar-refractivity contribution in [1.82, 2.24) is 5.32 Å². The maximum absolute atomic E-state index is 13.7. The number of aryl methyl sites for hydroxylation is 1. The standard InChI is InChI=1S/C19H24FN/c1-4-6-15-7-9-16(10-8-15)19-13-17(20)11-12-18(19)14(3)21-5-2/h7-14,21H,4-6H2,1-3H3. The minimum atomic E-state index is -0.185. The first kappa shape index (κ1) is 15.7. The highest BCUT2D eigenvalue weighted by molar-refractivity contribution is 5.68. The molecule has 2 aromatic rings. The van der Waals surface area contributed by atoms with Crippen LogP contribution < -0.4 is 5.32 Å². The maximum Gasteiger partial charge on any atom is 0.123 e. The van der Waals surface area contributed by atoms with Crippen molar-refractivity contribution in [1.29, 1.82) is 0 Å². The molecule has 2 heteroatoms. The van der Waals surface area contributed by atoms with Crippen molar-refractivity contribution in [2.75, 3.05) is 6.54 Å². The van der Waals surface area contributed by atoms with E-state index in [2.05, 4.69) is 50.4 Å². The minimum Gasteiger partial charge on any atom is -0.310 e. The maximum atomic E-state index is 13.7. The van der Waals surface area contributed by atoms with Crippen LogP contribution in [0, 0.1) is 5.82 Å². The molecule has 0 aromatic heterocycles. The second-order valence-electron chi connectivity index (χ2n) is 5.46. The highest BCUT2D eigenvalue weighted by atomic mass is 19.1. The highest BCUT2D eigenvalue weighted by Crippen LogP contribution is 2.29. The van der Waals surface area contributed by atoms with Gasteiger partial charge in [-0.05, 0) is 54.3 Å². The lowest BCUT2D eigenvalue weighted by Gasteiger charge is -2.18. The first-order valence-corrected chi connectivity index (χ1v) is 7.77. The van der Waals surface area contributed by atoms with E-state index in [-0.39, 0.29) is 11.9 Å². The Morgan fingerprint density at radius 2 is 1.76 bits per heavy atom. The van der Waals surface area contributed by atoms with Crippen molar-refractivity contribution in [2.24, 2.45) is 0 Å². The van der Waals surface area contributed by atoms with Crippen LogP contribution in [0.1, 0.15) is 44.4 Å². The summed E-state index contributed by atoms with van der Waals surface area (Å²) < 4.78 is 13.7. The SMILES string of the molecule is CCCc1ccc(-c2cc(F)ccc2C(C)NCC)cc1. The van der Waals surface area contributed by atoms with E-state index < -0.39 is 0 Å². The van der Waals surface area contributed by atoms with Gasteiger partial charge in [0.1, 0.15) is 5.82 Å². The van der Waals surface area contributed by atoms with Crippen molar-refractivity contribution in [2.45, 2.75) is 39.7 Å². The van der Waals surface area contributed by atoms with Gasteiger partial charge in [0.2, 0.25) is 0 Å². The second kappa shape index (κ2) is 7.37. The fraction of sp³-hybridized carbons (Fsp3) is 0.368. The van der Waals surface area contributed by atoms with Gasteiger partial charge in [-0.3, -0.25) is 0 Å². The molecule has 0 radical (unpaired) electrons. The molecular weight excluding hydrogens is 261 g/mol. The Kier molecular flexibility index (Phi) is 5.51. The van der Waals surface area contributed by atoms with Crippen LogP contribution in [0.15, 0.2) is 42.5 Å². The van der Waals surface area contributed by atoms with Crippen LogP contribution in [0.5, 0.6) is 0 Å². The molecule has 0 saturated heterocycles. The minimum absolute atomic E-state index is 0.185. The lowest BCUT2D eigenvalue weighted by Crippen LogP contribution is -2.18. The van der Waals surface area contributed by atoms with Crippen LogP contribution in [0.4, 0.5) is 4.39 Å². The number of hydrogen-bond acceptors (Lipinski definition) is 1. The van der Waals surface area contributed by atoms with Crippen molar-refractivity contribution < 1.29 is 4.39 Å². The fourth-order valence-electron chi connectivity index (χ4n) is 2.71. The third kappa shape index (κ3) is 3.92. The quantitative estimate of drug-likeness (QED) is 0.777. The van der Waals surface area contributed by atoms with E-state index in [0.717, 1.165) is 36.1 Å². The Balaban J connectivity index is 2.39. The molecule has 1 nitrogen and oxygen atoms in total. The van der Waals surface area contributed by atoms with Gasteiger partial charge in [-0.25, -0.2) is 4.39 Å². The number of halogens is 1. The zero-order valence-electron chi connectivity index (χ0n) is 13.1. The molecule has 0 heterocycles. The van der Waals surface area contributed by atoms with Gasteiger partial charge in [-0.2, -0.15) is 0 Å². The van der Waals surface area contributed by atoms with Crippen molar-refractivity contribution in [3.05, 3.63) is 59.4 Å². The fourth-order valence-corrected chi connectivity index (χ4v) is 2.71. The molecule has 0 bridgehead atoms. The predicted octanol–water partition coefficient (Wildman–Crippen LogP) is 5.12. The van der Waals surface area contributed by atoms with Gasteiger partial charge >= 0.3 is 0 Å². The van der Waals surface area contributed by atoms with Crippen LogP contribution >= 0.6 is 0 Å². The number of nitrogens with one attached hydrogen (secondary N) is 1. The Labute approximate surface area is 127 Å². The molecule has 0 fully saturated rings. The smallest absolute Gasteiger partial charge is 0.123 e. The first-order chi connectivity index (χ1) is 10.2. The highest BCUT2D eigenvalue weighted by Gasteiger charge is 2.12. The van der Waals surface area contributed by atoms with E-state index in [1.54, 1.807) is 6.07 Å². The summed E-state index contributed by atoms with van der Waals surface area (Å²) in [5, 5.41) is 3.40. The zero-order valence-corrected chi connectivity index (χ0v) is 13.1. The van der Waals surface area contributed by atoms with E-state index in [9.17, 15) is 4.39 Å². The summed E-state index contributed by atoms with van der Waals surface area (Å²) in [5.41, 5.74) is 4.53. The molecular formula is C19H24FN. The summed E-state index contributed by atoms with van der Waals surface area (Å²) >= 11 is 0. The molecule has 21 heavy (non-hydrogen) atoms. The van der Waals surface area contributed by atoms with Gasteiger partial charge in [0.05, 0.1) is 0 Å². The largest absolute Gasteiger partial charge is 0.310 e. The predicted molar refractivity (Wildman–Crippen MR) is 87.9 cm³/mol. The van der Waals surface area contributed by atoms with E-state index in [1.807, 2.05) is 6.07 Å². The second-order valence-corrected chi connectivity index (χ2v) is 5.46. The van der Waals surface area contributed by atoms with Crippen LogP contribution in [0.2, 0.25) is 0 Å². The van der Waals surface area contributed by atoms with E-state index in [4.69, 9.17) is 0 Å². The summed E-state index contributed by atoms with van der Waals surface area (Å²) in [6.45, 7) is 7.27. The molecule has 112 valence electrons. The van der Waals surface area contributed by atoms with Gasteiger partial charge in [0.25, 0.3) is 0 Å². The van der Waals surface area contributed by atoms with E-state index >= 15 is 0 Å². The Morgan fingerprint density at radius 3 is 2.38 bits per heavy atom. The van der Waals surface area contributed by atoms with Crippen molar-refractivity contribution in [3.8, 4) is 11.1 Å². The monoisotopic (exact) mass is 285 g/mol. The molecule has 0 aliphatic carbocycles. The molecule has 1 unspecified atom stereocenters. The summed E-state index contributed by atoms with van der Waals surface area (Å²) in [6, 6.07) is 13.8. The van der Waals surface area contributed by atoms with E-state index in [0.29, 0.717) is 0 Å². The topological polar surface area (TPSA) is 12.0 Å².